The first-order chi connectivity index (χ1) is 8.99. The topological polar surface area (TPSA) is 86.6 Å². The molecule has 0 fully saturated rings. The number of rotatable bonds is 3. The molecule has 1 atom stereocenters. The van der Waals surface area contributed by atoms with Crippen molar-refractivity contribution in [3.8, 4) is 5.75 Å². The molecule has 3 N–H and O–H groups in total. The molecule has 0 aliphatic heterocycles. The number of hydrogen-bond donors (Lipinski definition) is 3. The molecule has 0 saturated heterocycles. The number of carbonyl (C=O) groups is 2. The van der Waals surface area contributed by atoms with E-state index in [1.54, 1.807) is 0 Å². The fraction of sp³-hybridized carbons (Fsp3) is 0.273. The highest BCUT2D eigenvalue weighted by Gasteiger charge is 2.58. The molecule has 0 aliphatic rings. The molecule has 0 aliphatic carbocycles. The van der Waals surface area contributed by atoms with Crippen molar-refractivity contribution in [3.63, 3.8) is 0 Å². The van der Waals surface area contributed by atoms with E-state index in [2.05, 4.69) is 0 Å². The first-order valence-corrected chi connectivity index (χ1v) is 5.10. The third kappa shape index (κ3) is 2.81. The fourth-order valence-corrected chi connectivity index (χ4v) is 1.24. The molecule has 0 spiro atoms. The standard InChI is InChI=1S/C11H9F4NO4/c1-10(9(19)20,11(13,14)15)16-8(18)6-3-2-5(12)4-7(6)17/h2-4,17H,1H3,(H,16,18)(H,19,20). The van der Waals surface area contributed by atoms with Gasteiger partial charge in [-0.05, 0) is 19.1 Å². The van der Waals surface area contributed by atoms with Gasteiger partial charge in [-0.3, -0.25) is 4.79 Å². The Morgan fingerprint density at radius 2 is 1.80 bits per heavy atom. The van der Waals surface area contributed by atoms with Crippen LogP contribution < -0.4 is 5.32 Å². The Morgan fingerprint density at radius 3 is 2.20 bits per heavy atom. The van der Waals surface area contributed by atoms with Crippen LogP contribution in [0.1, 0.15) is 17.3 Å². The zero-order valence-corrected chi connectivity index (χ0v) is 9.95. The SMILES string of the molecule is CC(NC(=O)c1ccc(F)cc1O)(C(=O)O)C(F)(F)F. The molecule has 1 aromatic rings. The molecule has 0 saturated carbocycles. The number of carbonyl (C=O) groups excluding carboxylic acids is 1. The third-order valence-corrected chi connectivity index (χ3v) is 2.56. The quantitative estimate of drug-likeness (QED) is 0.740. The number of aliphatic carboxylic acids is 1. The predicted octanol–water partition coefficient (Wildman–Crippen LogP) is 1.67. The molecule has 0 heterocycles. The molecule has 1 amide bonds. The average molecular weight is 295 g/mol. The van der Waals surface area contributed by atoms with Crippen molar-refractivity contribution in [3.05, 3.63) is 29.6 Å². The third-order valence-electron chi connectivity index (χ3n) is 2.56. The summed E-state index contributed by atoms with van der Waals surface area (Å²) in [6.45, 7) is 0.258. The lowest BCUT2D eigenvalue weighted by atomic mass is 10.0. The lowest BCUT2D eigenvalue weighted by Gasteiger charge is -2.28. The van der Waals surface area contributed by atoms with E-state index in [9.17, 15) is 32.3 Å². The number of benzene rings is 1. The lowest BCUT2D eigenvalue weighted by molar-refractivity contribution is -0.203. The van der Waals surface area contributed by atoms with Crippen LogP contribution >= 0.6 is 0 Å². The Kier molecular flexibility index (Phi) is 3.92. The molecule has 20 heavy (non-hydrogen) atoms. The van der Waals surface area contributed by atoms with Crippen LogP contribution in [-0.2, 0) is 4.79 Å². The minimum atomic E-state index is -5.26. The van der Waals surface area contributed by atoms with Crippen LogP contribution in [0.25, 0.3) is 0 Å². The van der Waals surface area contributed by atoms with E-state index in [1.165, 1.54) is 5.32 Å². The van der Waals surface area contributed by atoms with Gasteiger partial charge in [0.1, 0.15) is 11.6 Å². The van der Waals surface area contributed by atoms with Gasteiger partial charge in [0.2, 0.25) is 5.54 Å². The number of carboxylic acid groups (broad SMARTS) is 1. The first-order valence-electron chi connectivity index (χ1n) is 5.10. The molecule has 5 nitrogen and oxygen atoms in total. The summed E-state index contributed by atoms with van der Waals surface area (Å²) in [5.41, 5.74) is -4.21. The molecule has 0 aromatic heterocycles. The van der Waals surface area contributed by atoms with E-state index in [1.807, 2.05) is 0 Å². The molecule has 1 rings (SSSR count). The van der Waals surface area contributed by atoms with Crippen molar-refractivity contribution in [2.75, 3.05) is 0 Å². The molecule has 0 radical (unpaired) electrons. The van der Waals surface area contributed by atoms with Gasteiger partial charge >= 0.3 is 12.1 Å². The van der Waals surface area contributed by atoms with E-state index in [0.29, 0.717) is 6.07 Å². The number of aromatic hydroxyl groups is 1. The van der Waals surface area contributed by atoms with Gasteiger partial charge in [0, 0.05) is 6.07 Å². The van der Waals surface area contributed by atoms with E-state index in [0.717, 1.165) is 12.1 Å². The van der Waals surface area contributed by atoms with Crippen molar-refractivity contribution in [1.29, 1.82) is 0 Å². The van der Waals surface area contributed by atoms with E-state index < -0.39 is 40.7 Å². The molecule has 110 valence electrons. The van der Waals surface area contributed by atoms with Crippen molar-refractivity contribution in [1.82, 2.24) is 5.32 Å². The Bertz CT molecular complexity index is 558. The van der Waals surface area contributed by atoms with Crippen LogP contribution in [0.4, 0.5) is 17.6 Å². The Morgan fingerprint density at radius 1 is 1.25 bits per heavy atom. The number of nitrogens with one attached hydrogen (secondary N) is 1. The van der Waals surface area contributed by atoms with Gasteiger partial charge in [0.25, 0.3) is 5.91 Å². The van der Waals surface area contributed by atoms with E-state index in [4.69, 9.17) is 5.11 Å². The zero-order chi connectivity index (χ0) is 15.7. The summed E-state index contributed by atoms with van der Waals surface area (Å²) < 4.78 is 50.7. The van der Waals surface area contributed by atoms with Crippen LogP contribution in [0.15, 0.2) is 18.2 Å². The predicted molar refractivity (Wildman–Crippen MR) is 57.6 cm³/mol. The summed E-state index contributed by atoms with van der Waals surface area (Å²) in [5, 5.41) is 19.2. The van der Waals surface area contributed by atoms with E-state index >= 15 is 0 Å². The zero-order valence-electron chi connectivity index (χ0n) is 9.95. The van der Waals surface area contributed by atoms with E-state index in [-0.39, 0.29) is 6.92 Å². The highest BCUT2D eigenvalue weighted by Crippen LogP contribution is 2.31. The van der Waals surface area contributed by atoms with Crippen molar-refractivity contribution < 1.29 is 37.4 Å². The minimum Gasteiger partial charge on any atom is -0.507 e. The summed E-state index contributed by atoms with van der Waals surface area (Å²) in [6.07, 6.45) is -5.26. The molecule has 1 aromatic carbocycles. The van der Waals surface area contributed by atoms with Gasteiger partial charge in [-0.2, -0.15) is 13.2 Å². The van der Waals surface area contributed by atoms with Gasteiger partial charge in [-0.25, -0.2) is 9.18 Å². The largest absolute Gasteiger partial charge is 0.507 e. The lowest BCUT2D eigenvalue weighted by Crippen LogP contribution is -2.61. The average Bonchev–Trinajstić information content (AvgIpc) is 2.26. The highest BCUT2D eigenvalue weighted by atomic mass is 19.4. The van der Waals surface area contributed by atoms with Gasteiger partial charge in [0.05, 0.1) is 5.56 Å². The molecule has 1 unspecified atom stereocenters. The maximum Gasteiger partial charge on any atom is 0.422 e. The maximum atomic E-state index is 12.7. The molecular weight excluding hydrogens is 286 g/mol. The van der Waals surface area contributed by atoms with Crippen molar-refractivity contribution in [2.24, 2.45) is 0 Å². The van der Waals surface area contributed by atoms with Crippen LogP contribution in [0.3, 0.4) is 0 Å². The summed E-state index contributed by atoms with van der Waals surface area (Å²) in [7, 11) is 0. The summed E-state index contributed by atoms with van der Waals surface area (Å²) in [4.78, 5) is 22.3. The van der Waals surface area contributed by atoms with Gasteiger partial charge < -0.3 is 15.5 Å². The number of carboxylic acids is 1. The fourth-order valence-electron chi connectivity index (χ4n) is 1.24. The Labute approximate surface area is 109 Å². The van der Waals surface area contributed by atoms with Crippen molar-refractivity contribution in [2.45, 2.75) is 18.6 Å². The summed E-state index contributed by atoms with van der Waals surface area (Å²) in [5.74, 6) is -5.63. The second-order valence-corrected chi connectivity index (χ2v) is 4.04. The number of halogens is 4. The van der Waals surface area contributed by atoms with Gasteiger partial charge in [0.15, 0.2) is 0 Å². The molecular formula is C11H9F4NO4. The van der Waals surface area contributed by atoms with Crippen LogP contribution in [0.2, 0.25) is 0 Å². The second-order valence-electron chi connectivity index (χ2n) is 4.04. The van der Waals surface area contributed by atoms with Crippen LogP contribution in [-0.4, -0.2) is 33.8 Å². The molecule has 9 heteroatoms. The smallest absolute Gasteiger partial charge is 0.422 e. The monoisotopic (exact) mass is 295 g/mol. The maximum absolute atomic E-state index is 12.7. The summed E-state index contributed by atoms with van der Waals surface area (Å²) in [6, 6.07) is 1.99. The van der Waals surface area contributed by atoms with Gasteiger partial charge in [-0.15, -0.1) is 0 Å². The number of amides is 1. The Hall–Kier alpha value is -2.32. The first kappa shape index (κ1) is 15.7. The number of phenols is 1. The second kappa shape index (κ2) is 4.99. The normalized spacial score (nSPS) is 14.4. The number of phenolic OH excluding ortho intramolecular Hbond substituents is 1. The summed E-state index contributed by atoms with van der Waals surface area (Å²) >= 11 is 0. The highest BCUT2D eigenvalue weighted by molar-refractivity contribution is 6.00. The number of alkyl halides is 3. The van der Waals surface area contributed by atoms with Crippen LogP contribution in [0.5, 0.6) is 5.75 Å². The number of hydrogen-bond acceptors (Lipinski definition) is 3. The molecule has 0 bridgehead atoms. The van der Waals surface area contributed by atoms with Gasteiger partial charge in [-0.1, -0.05) is 0 Å². The Balaban J connectivity index is 3.13. The minimum absolute atomic E-state index is 0.258. The van der Waals surface area contributed by atoms with Crippen molar-refractivity contribution >= 4 is 11.9 Å². The van der Waals surface area contributed by atoms with Crippen LogP contribution in [0, 0.1) is 5.82 Å².